The summed E-state index contributed by atoms with van der Waals surface area (Å²) in [6, 6.07) is 7.68. The van der Waals surface area contributed by atoms with Gasteiger partial charge in [0, 0.05) is 43.9 Å². The maximum Gasteiger partial charge on any atom is 0.246 e. The molecule has 0 bridgehead atoms. The fourth-order valence-electron chi connectivity index (χ4n) is 4.64. The van der Waals surface area contributed by atoms with Crippen LogP contribution in [0.2, 0.25) is 0 Å². The number of hydrogen-bond donors (Lipinski definition) is 0. The van der Waals surface area contributed by atoms with E-state index in [0.717, 1.165) is 31.4 Å². The maximum absolute atomic E-state index is 13.0. The molecule has 1 saturated carbocycles. The predicted octanol–water partition coefficient (Wildman–Crippen LogP) is 1.66. The van der Waals surface area contributed by atoms with E-state index in [2.05, 4.69) is 0 Å². The molecule has 1 aromatic rings. The largest absolute Gasteiger partial charge is 0.497 e. The zero-order chi connectivity index (χ0) is 19.7. The van der Waals surface area contributed by atoms with Crippen LogP contribution < -0.4 is 9.64 Å². The van der Waals surface area contributed by atoms with Crippen molar-refractivity contribution in [2.24, 2.45) is 5.92 Å². The molecule has 3 amide bonds. The second-order valence-corrected chi connectivity index (χ2v) is 7.89. The van der Waals surface area contributed by atoms with Crippen molar-refractivity contribution in [1.29, 1.82) is 0 Å². The molecule has 3 fully saturated rings. The van der Waals surface area contributed by atoms with Crippen LogP contribution in [0.3, 0.4) is 0 Å². The SMILES string of the molecule is COc1cccc(N2CCN(C(=O)[C@@H]3CC(=O)N(C4CCCC4)C3)CC2=O)c1. The zero-order valence-corrected chi connectivity index (χ0v) is 16.3. The van der Waals surface area contributed by atoms with Gasteiger partial charge < -0.3 is 19.4 Å². The topological polar surface area (TPSA) is 70.2 Å². The Morgan fingerprint density at radius 2 is 1.89 bits per heavy atom. The van der Waals surface area contributed by atoms with E-state index in [9.17, 15) is 14.4 Å². The van der Waals surface area contributed by atoms with E-state index in [1.54, 1.807) is 16.9 Å². The van der Waals surface area contributed by atoms with E-state index in [0.29, 0.717) is 31.4 Å². The minimum Gasteiger partial charge on any atom is -0.497 e. The molecule has 2 aliphatic heterocycles. The van der Waals surface area contributed by atoms with Crippen molar-refractivity contribution in [2.75, 3.05) is 38.2 Å². The molecular formula is C21H27N3O4. The Labute approximate surface area is 165 Å². The van der Waals surface area contributed by atoms with Gasteiger partial charge in [-0.1, -0.05) is 18.9 Å². The van der Waals surface area contributed by atoms with Gasteiger partial charge in [-0.15, -0.1) is 0 Å². The van der Waals surface area contributed by atoms with Crippen molar-refractivity contribution in [3.8, 4) is 5.75 Å². The lowest BCUT2D eigenvalue weighted by Gasteiger charge is -2.35. The normalized spacial score (nSPS) is 23.6. The lowest BCUT2D eigenvalue weighted by atomic mass is 10.1. The first-order valence-corrected chi connectivity index (χ1v) is 10.1. The smallest absolute Gasteiger partial charge is 0.246 e. The third kappa shape index (κ3) is 3.57. The molecule has 7 heteroatoms. The van der Waals surface area contributed by atoms with Crippen molar-refractivity contribution in [3.05, 3.63) is 24.3 Å². The number of anilines is 1. The molecule has 0 unspecified atom stereocenters. The second kappa shape index (κ2) is 7.81. The molecule has 7 nitrogen and oxygen atoms in total. The molecule has 1 atom stereocenters. The zero-order valence-electron chi connectivity index (χ0n) is 16.3. The summed E-state index contributed by atoms with van der Waals surface area (Å²) in [6.45, 7) is 1.50. The van der Waals surface area contributed by atoms with Crippen molar-refractivity contribution in [3.63, 3.8) is 0 Å². The molecule has 3 aliphatic rings. The molecule has 1 aliphatic carbocycles. The highest BCUT2D eigenvalue weighted by molar-refractivity contribution is 5.99. The average Bonchev–Trinajstić information content (AvgIpc) is 3.37. The number of ether oxygens (including phenoxy) is 1. The molecule has 2 saturated heterocycles. The van der Waals surface area contributed by atoms with Gasteiger partial charge in [-0.3, -0.25) is 14.4 Å². The summed E-state index contributed by atoms with van der Waals surface area (Å²) in [5.74, 6) is 0.299. The highest BCUT2D eigenvalue weighted by Crippen LogP contribution is 2.30. The maximum atomic E-state index is 13.0. The predicted molar refractivity (Wildman–Crippen MR) is 104 cm³/mol. The first-order chi connectivity index (χ1) is 13.6. The highest BCUT2D eigenvalue weighted by atomic mass is 16.5. The molecule has 1 aromatic carbocycles. The number of piperazine rings is 1. The summed E-state index contributed by atoms with van der Waals surface area (Å²) >= 11 is 0. The van der Waals surface area contributed by atoms with Gasteiger partial charge in [0.1, 0.15) is 12.3 Å². The summed E-state index contributed by atoms with van der Waals surface area (Å²) in [6.07, 6.45) is 4.69. The number of rotatable bonds is 4. The van der Waals surface area contributed by atoms with E-state index in [1.165, 1.54) is 0 Å². The Hall–Kier alpha value is -2.57. The van der Waals surface area contributed by atoms with E-state index in [4.69, 9.17) is 4.74 Å². The van der Waals surface area contributed by atoms with Crippen LogP contribution in [0.5, 0.6) is 5.75 Å². The Morgan fingerprint density at radius 1 is 1.11 bits per heavy atom. The molecule has 0 aromatic heterocycles. The van der Waals surface area contributed by atoms with Gasteiger partial charge >= 0.3 is 0 Å². The van der Waals surface area contributed by atoms with Crippen LogP contribution in [-0.4, -0.2) is 66.9 Å². The van der Waals surface area contributed by atoms with Crippen LogP contribution in [0.1, 0.15) is 32.1 Å². The summed E-state index contributed by atoms with van der Waals surface area (Å²) in [4.78, 5) is 43.2. The van der Waals surface area contributed by atoms with E-state index < -0.39 is 0 Å². The van der Waals surface area contributed by atoms with E-state index in [1.807, 2.05) is 29.2 Å². The third-order valence-electron chi connectivity index (χ3n) is 6.17. The molecule has 2 heterocycles. The molecule has 0 spiro atoms. The Morgan fingerprint density at radius 3 is 2.61 bits per heavy atom. The fourth-order valence-corrected chi connectivity index (χ4v) is 4.64. The van der Waals surface area contributed by atoms with Gasteiger partial charge in [-0.2, -0.15) is 0 Å². The summed E-state index contributed by atoms with van der Waals surface area (Å²) < 4.78 is 5.23. The second-order valence-electron chi connectivity index (χ2n) is 7.89. The monoisotopic (exact) mass is 385 g/mol. The molecular weight excluding hydrogens is 358 g/mol. The van der Waals surface area contributed by atoms with E-state index >= 15 is 0 Å². The standard InChI is InChI=1S/C21H27N3O4/c1-28-18-8-4-7-17(12-18)23-10-9-22(14-20(23)26)21(27)15-11-19(25)24(13-15)16-5-2-3-6-16/h4,7-8,12,15-16H,2-3,5-6,9-11,13-14H2,1H3/t15-/m1/s1. The molecule has 28 heavy (non-hydrogen) atoms. The van der Waals surface area contributed by atoms with Crippen molar-refractivity contribution in [2.45, 2.75) is 38.1 Å². The lowest BCUT2D eigenvalue weighted by molar-refractivity contribution is -0.140. The number of likely N-dealkylation sites (tertiary alicyclic amines) is 1. The molecule has 0 N–H and O–H groups in total. The van der Waals surface area contributed by atoms with Crippen LogP contribution >= 0.6 is 0 Å². The van der Waals surface area contributed by atoms with Gasteiger partial charge in [-0.05, 0) is 25.0 Å². The molecule has 150 valence electrons. The molecule has 4 rings (SSSR count). The van der Waals surface area contributed by atoms with Gasteiger partial charge in [0.2, 0.25) is 17.7 Å². The number of nitrogens with zero attached hydrogens (tertiary/aromatic N) is 3. The third-order valence-corrected chi connectivity index (χ3v) is 6.17. The first kappa shape index (κ1) is 18.8. The van der Waals surface area contributed by atoms with Crippen LogP contribution in [0.4, 0.5) is 5.69 Å². The van der Waals surface area contributed by atoms with Gasteiger partial charge in [0.05, 0.1) is 13.0 Å². The van der Waals surface area contributed by atoms with Gasteiger partial charge in [0.25, 0.3) is 0 Å². The fraction of sp³-hybridized carbons (Fsp3) is 0.571. The number of carbonyl (C=O) groups excluding carboxylic acids is 3. The van der Waals surface area contributed by atoms with Crippen LogP contribution in [0.15, 0.2) is 24.3 Å². The first-order valence-electron chi connectivity index (χ1n) is 10.1. The summed E-state index contributed by atoms with van der Waals surface area (Å²) in [7, 11) is 1.59. The van der Waals surface area contributed by atoms with Crippen molar-refractivity contribution < 1.29 is 19.1 Å². The highest BCUT2D eigenvalue weighted by Gasteiger charge is 2.41. The number of hydrogen-bond acceptors (Lipinski definition) is 4. The van der Waals surface area contributed by atoms with E-state index in [-0.39, 0.29) is 36.6 Å². The Kier molecular flexibility index (Phi) is 5.24. The van der Waals surface area contributed by atoms with Crippen LogP contribution in [-0.2, 0) is 14.4 Å². The van der Waals surface area contributed by atoms with Crippen molar-refractivity contribution in [1.82, 2.24) is 9.80 Å². The number of amides is 3. The quantitative estimate of drug-likeness (QED) is 0.790. The summed E-state index contributed by atoms with van der Waals surface area (Å²) in [5.41, 5.74) is 0.778. The van der Waals surface area contributed by atoms with Gasteiger partial charge in [-0.25, -0.2) is 0 Å². The minimum absolute atomic E-state index is 0.0597. The van der Waals surface area contributed by atoms with Crippen molar-refractivity contribution >= 4 is 23.4 Å². The Bertz CT molecular complexity index is 775. The number of methoxy groups -OCH3 is 1. The summed E-state index contributed by atoms with van der Waals surface area (Å²) in [5, 5.41) is 0. The van der Waals surface area contributed by atoms with Crippen LogP contribution in [0.25, 0.3) is 0 Å². The number of carbonyl (C=O) groups is 3. The molecule has 0 radical (unpaired) electrons. The Balaban J connectivity index is 1.38. The number of benzene rings is 1. The lowest BCUT2D eigenvalue weighted by Crippen LogP contribution is -2.54. The minimum atomic E-state index is -0.315. The van der Waals surface area contributed by atoms with Crippen LogP contribution in [0, 0.1) is 5.92 Å². The van der Waals surface area contributed by atoms with Gasteiger partial charge in [0.15, 0.2) is 0 Å². The average molecular weight is 385 g/mol.